The molecule has 0 N–H and O–H groups in total. The van der Waals surface area contributed by atoms with Crippen LogP contribution in [0.3, 0.4) is 0 Å². The van der Waals surface area contributed by atoms with Crippen LogP contribution in [0.4, 0.5) is 0 Å². The lowest BCUT2D eigenvalue weighted by atomic mass is 9.92. The van der Waals surface area contributed by atoms with Crippen molar-refractivity contribution < 1.29 is 9.53 Å². The number of carbonyl (C=O) groups excluding carboxylic acids is 1. The summed E-state index contributed by atoms with van der Waals surface area (Å²) in [4.78, 5) is 14.8. The molecule has 1 aliphatic rings. The lowest BCUT2D eigenvalue weighted by Crippen LogP contribution is -2.35. The second-order valence-corrected chi connectivity index (χ2v) is 9.90. The van der Waals surface area contributed by atoms with E-state index in [-0.39, 0.29) is 11.9 Å². The van der Waals surface area contributed by atoms with Gasteiger partial charge in [0.2, 0.25) is 0 Å². The minimum absolute atomic E-state index is 0.0522. The summed E-state index contributed by atoms with van der Waals surface area (Å²) >= 11 is 0. The van der Waals surface area contributed by atoms with Crippen molar-refractivity contribution in [1.82, 2.24) is 4.90 Å². The molecule has 0 bridgehead atoms. The Kier molecular flexibility index (Phi) is 14.1. The molecule has 0 saturated carbocycles. The molecule has 1 rings (SSSR count). The summed E-state index contributed by atoms with van der Waals surface area (Å²) in [6.45, 7) is 8.67. The highest BCUT2D eigenvalue weighted by atomic mass is 33.1. The molecule has 0 spiro atoms. The molecule has 1 unspecified atom stereocenters. The predicted molar refractivity (Wildman–Crippen MR) is 113 cm³/mol. The summed E-state index contributed by atoms with van der Waals surface area (Å²) in [5.74, 6) is 2.25. The van der Waals surface area contributed by atoms with E-state index in [9.17, 15) is 4.79 Å². The average molecular weight is 390 g/mol. The van der Waals surface area contributed by atoms with Crippen LogP contribution in [-0.4, -0.2) is 49.1 Å². The zero-order valence-electron chi connectivity index (χ0n) is 16.6. The first-order valence-electron chi connectivity index (χ1n) is 10.3. The van der Waals surface area contributed by atoms with E-state index in [1.807, 2.05) is 21.6 Å². The van der Waals surface area contributed by atoms with Crippen molar-refractivity contribution in [2.45, 2.75) is 71.6 Å². The van der Waals surface area contributed by atoms with Gasteiger partial charge in [-0.15, -0.1) is 0 Å². The van der Waals surface area contributed by atoms with Crippen LogP contribution in [0.5, 0.6) is 0 Å². The number of hydrogen-bond donors (Lipinski definition) is 0. The standard InChI is InChI=1S/C20H39NO2S2/c1-4-6-10-19(8-5-2)20(22)23-16-7-9-18-11-13-21(14-12-18)15-17-25-24-3/h18-19H,4-17H2,1-3H3. The smallest absolute Gasteiger partial charge is 0.308 e. The zero-order valence-corrected chi connectivity index (χ0v) is 18.3. The van der Waals surface area contributed by atoms with Crippen LogP contribution in [0, 0.1) is 11.8 Å². The van der Waals surface area contributed by atoms with Crippen molar-refractivity contribution in [2.24, 2.45) is 11.8 Å². The number of rotatable bonds is 14. The van der Waals surface area contributed by atoms with Gasteiger partial charge >= 0.3 is 5.97 Å². The van der Waals surface area contributed by atoms with Gasteiger partial charge < -0.3 is 9.64 Å². The average Bonchev–Trinajstić information content (AvgIpc) is 2.63. The molecule has 3 nitrogen and oxygen atoms in total. The number of nitrogens with zero attached hydrogens (tertiary/aromatic N) is 1. The quantitative estimate of drug-likeness (QED) is 0.218. The third kappa shape index (κ3) is 10.8. The SMILES string of the molecule is CCCCC(CCC)C(=O)OCCCC1CCN(CCSSC)CC1. The molecular formula is C20H39NO2S2. The van der Waals surface area contributed by atoms with Crippen molar-refractivity contribution in [3.8, 4) is 0 Å². The van der Waals surface area contributed by atoms with E-state index in [2.05, 4.69) is 25.0 Å². The van der Waals surface area contributed by atoms with E-state index in [0.29, 0.717) is 6.61 Å². The van der Waals surface area contributed by atoms with Gasteiger partial charge in [0, 0.05) is 12.3 Å². The highest BCUT2D eigenvalue weighted by Crippen LogP contribution is 2.23. The lowest BCUT2D eigenvalue weighted by molar-refractivity contribution is -0.149. The molecule has 0 amide bonds. The fourth-order valence-corrected chi connectivity index (χ4v) is 4.81. The van der Waals surface area contributed by atoms with E-state index >= 15 is 0 Å². The molecule has 1 atom stereocenters. The first-order valence-corrected chi connectivity index (χ1v) is 13.0. The summed E-state index contributed by atoms with van der Waals surface area (Å²) in [6.07, 6.45) is 12.4. The van der Waals surface area contributed by atoms with Crippen LogP contribution in [0.25, 0.3) is 0 Å². The van der Waals surface area contributed by atoms with Crippen molar-refractivity contribution >= 4 is 27.6 Å². The van der Waals surface area contributed by atoms with Gasteiger partial charge in [0.1, 0.15) is 0 Å². The second kappa shape index (κ2) is 15.2. The fourth-order valence-electron chi connectivity index (χ4n) is 3.59. The Bertz CT molecular complexity index is 334. The van der Waals surface area contributed by atoms with Gasteiger partial charge in [-0.1, -0.05) is 54.7 Å². The number of ether oxygens (including phenoxy) is 1. The van der Waals surface area contributed by atoms with Gasteiger partial charge in [-0.05, 0) is 63.8 Å². The molecule has 25 heavy (non-hydrogen) atoms. The molecule has 0 aliphatic carbocycles. The summed E-state index contributed by atoms with van der Waals surface area (Å²) in [5, 5.41) is 0. The van der Waals surface area contributed by atoms with E-state index in [4.69, 9.17) is 4.74 Å². The summed E-state index contributed by atoms with van der Waals surface area (Å²) in [7, 11) is 3.82. The zero-order chi connectivity index (χ0) is 18.3. The Hall–Kier alpha value is 0.130. The maximum atomic E-state index is 12.2. The Balaban J connectivity index is 2.10. The molecule has 0 aromatic rings. The normalized spacial score (nSPS) is 17.6. The second-order valence-electron chi connectivity index (χ2n) is 7.21. The molecule has 148 valence electrons. The third-order valence-electron chi connectivity index (χ3n) is 5.19. The molecular weight excluding hydrogens is 350 g/mol. The summed E-state index contributed by atoms with van der Waals surface area (Å²) < 4.78 is 5.58. The number of piperidine rings is 1. The molecule has 1 heterocycles. The van der Waals surface area contributed by atoms with Crippen molar-refractivity contribution in [3.05, 3.63) is 0 Å². The number of carbonyl (C=O) groups is 1. The third-order valence-corrected chi connectivity index (χ3v) is 6.99. The van der Waals surface area contributed by atoms with Gasteiger partial charge in [-0.2, -0.15) is 0 Å². The summed E-state index contributed by atoms with van der Waals surface area (Å²) in [6, 6.07) is 0. The molecule has 1 saturated heterocycles. The van der Waals surface area contributed by atoms with E-state index in [0.717, 1.165) is 44.4 Å². The Morgan fingerprint density at radius 3 is 2.56 bits per heavy atom. The number of unbranched alkanes of at least 4 members (excludes halogenated alkanes) is 1. The first kappa shape index (κ1) is 23.2. The Labute approximate surface area is 163 Å². The van der Waals surface area contributed by atoms with Crippen LogP contribution >= 0.6 is 21.6 Å². The van der Waals surface area contributed by atoms with Gasteiger partial charge in [0.15, 0.2) is 0 Å². The summed E-state index contributed by atoms with van der Waals surface area (Å²) in [5.41, 5.74) is 0. The van der Waals surface area contributed by atoms with E-state index < -0.39 is 0 Å². The predicted octanol–water partition coefficient (Wildman–Crippen LogP) is 5.64. The van der Waals surface area contributed by atoms with E-state index in [1.54, 1.807) is 0 Å². The van der Waals surface area contributed by atoms with Gasteiger partial charge in [0.05, 0.1) is 12.5 Å². The van der Waals surface area contributed by atoms with Crippen LogP contribution < -0.4 is 0 Å². The molecule has 0 aromatic carbocycles. The molecule has 1 aliphatic heterocycles. The highest BCUT2D eigenvalue weighted by Gasteiger charge is 2.20. The molecule has 1 fully saturated rings. The first-order chi connectivity index (χ1) is 12.2. The maximum Gasteiger partial charge on any atom is 0.308 e. The monoisotopic (exact) mass is 389 g/mol. The Morgan fingerprint density at radius 1 is 1.16 bits per heavy atom. The van der Waals surface area contributed by atoms with Crippen molar-refractivity contribution in [2.75, 3.05) is 38.2 Å². The van der Waals surface area contributed by atoms with E-state index in [1.165, 1.54) is 44.6 Å². The minimum Gasteiger partial charge on any atom is -0.465 e. The minimum atomic E-state index is 0.0522. The van der Waals surface area contributed by atoms with Crippen molar-refractivity contribution in [3.63, 3.8) is 0 Å². The number of hydrogen-bond acceptors (Lipinski definition) is 5. The largest absolute Gasteiger partial charge is 0.465 e. The molecule has 0 aromatic heterocycles. The van der Waals surface area contributed by atoms with Crippen LogP contribution in [0.2, 0.25) is 0 Å². The lowest BCUT2D eigenvalue weighted by Gasteiger charge is -2.31. The van der Waals surface area contributed by atoms with Crippen LogP contribution in [0.1, 0.15) is 71.6 Å². The maximum absolute atomic E-state index is 12.2. The number of esters is 1. The van der Waals surface area contributed by atoms with Gasteiger partial charge in [0.25, 0.3) is 0 Å². The molecule has 5 heteroatoms. The number of likely N-dealkylation sites (tertiary alicyclic amines) is 1. The highest BCUT2D eigenvalue weighted by molar-refractivity contribution is 8.76. The van der Waals surface area contributed by atoms with Gasteiger partial charge in [-0.25, -0.2) is 0 Å². The van der Waals surface area contributed by atoms with Crippen molar-refractivity contribution in [1.29, 1.82) is 0 Å². The van der Waals surface area contributed by atoms with Crippen LogP contribution in [0.15, 0.2) is 0 Å². The van der Waals surface area contributed by atoms with Crippen LogP contribution in [-0.2, 0) is 9.53 Å². The Morgan fingerprint density at radius 2 is 1.92 bits per heavy atom. The topological polar surface area (TPSA) is 29.5 Å². The fraction of sp³-hybridized carbons (Fsp3) is 0.950. The molecule has 0 radical (unpaired) electrons. The van der Waals surface area contributed by atoms with Gasteiger partial charge in [-0.3, -0.25) is 4.79 Å².